The molecule has 8 nitrogen and oxygen atoms in total. The fourth-order valence-electron chi connectivity index (χ4n) is 1.46. The molecule has 0 radical (unpaired) electrons. The zero-order valence-corrected chi connectivity index (χ0v) is 9.45. The van der Waals surface area contributed by atoms with Gasteiger partial charge in [0.1, 0.15) is 12.3 Å². The molecule has 0 spiro atoms. The van der Waals surface area contributed by atoms with Gasteiger partial charge in [-0.05, 0) is 19.1 Å². The first kappa shape index (κ1) is 11.8. The van der Waals surface area contributed by atoms with E-state index in [2.05, 4.69) is 10.3 Å². The Morgan fingerprint density at radius 2 is 2.22 bits per heavy atom. The minimum absolute atomic E-state index is 0.0833. The van der Waals surface area contributed by atoms with Crippen LogP contribution in [-0.4, -0.2) is 32.0 Å². The first-order valence-electron chi connectivity index (χ1n) is 5.01. The van der Waals surface area contributed by atoms with Crippen molar-refractivity contribution in [3.05, 3.63) is 35.0 Å². The van der Waals surface area contributed by atoms with E-state index < -0.39 is 11.9 Å². The normalized spacial score (nSPS) is 10.5. The highest BCUT2D eigenvalue weighted by Gasteiger charge is 2.15. The van der Waals surface area contributed by atoms with Gasteiger partial charge in [-0.3, -0.25) is 4.79 Å². The second kappa shape index (κ2) is 4.32. The zero-order chi connectivity index (χ0) is 13.3. The average Bonchev–Trinajstić information content (AvgIpc) is 2.87. The van der Waals surface area contributed by atoms with E-state index >= 15 is 0 Å². The molecule has 2 aromatic rings. The molecule has 0 bridgehead atoms. The number of carbonyl (C=O) groups excluding carboxylic acids is 1. The van der Waals surface area contributed by atoms with Crippen molar-refractivity contribution in [3.8, 4) is 0 Å². The molecule has 0 aliphatic carbocycles. The highest BCUT2D eigenvalue weighted by Crippen LogP contribution is 2.11. The molecule has 0 fully saturated rings. The molecule has 2 heterocycles. The molecule has 0 saturated carbocycles. The predicted molar refractivity (Wildman–Crippen MR) is 58.0 cm³/mol. The molecular weight excluding hydrogens is 240 g/mol. The molecule has 1 amide bonds. The number of nitrogens with two attached hydrogens (primary N) is 1. The number of rotatable bonds is 4. The van der Waals surface area contributed by atoms with Gasteiger partial charge < -0.3 is 15.3 Å². The molecule has 0 aliphatic rings. The largest absolute Gasteiger partial charge is 0.475 e. The molecule has 0 aromatic carbocycles. The number of furan rings is 1. The predicted octanol–water partition coefficient (Wildman–Crippen LogP) is 0.0249. The lowest BCUT2D eigenvalue weighted by Crippen LogP contribution is -2.13. The molecule has 94 valence electrons. The standard InChI is InChI=1S/C10H10N4O4/c1-5-8(9(11)15)12-13-14(5)4-6-2-3-7(18-6)10(16)17/h2-3H,4H2,1H3,(H2,11,15)(H,16,17). The van der Waals surface area contributed by atoms with E-state index in [0.717, 1.165) is 0 Å². The second-order valence-corrected chi connectivity index (χ2v) is 3.62. The molecule has 2 aromatic heterocycles. The van der Waals surface area contributed by atoms with Crippen LogP contribution in [0.4, 0.5) is 0 Å². The first-order valence-corrected chi connectivity index (χ1v) is 5.01. The highest BCUT2D eigenvalue weighted by molar-refractivity contribution is 5.91. The van der Waals surface area contributed by atoms with Crippen LogP contribution in [0, 0.1) is 6.92 Å². The zero-order valence-electron chi connectivity index (χ0n) is 9.45. The van der Waals surface area contributed by atoms with Gasteiger partial charge in [-0.15, -0.1) is 5.10 Å². The van der Waals surface area contributed by atoms with Crippen molar-refractivity contribution in [1.82, 2.24) is 15.0 Å². The number of aromatic carboxylic acids is 1. The molecule has 8 heteroatoms. The van der Waals surface area contributed by atoms with Crippen molar-refractivity contribution in [2.24, 2.45) is 5.73 Å². The number of aromatic nitrogens is 3. The average molecular weight is 250 g/mol. The quantitative estimate of drug-likeness (QED) is 0.788. The van der Waals surface area contributed by atoms with Crippen molar-refractivity contribution >= 4 is 11.9 Å². The van der Waals surface area contributed by atoms with Crippen LogP contribution < -0.4 is 5.73 Å². The summed E-state index contributed by atoms with van der Waals surface area (Å²) >= 11 is 0. The Hall–Kier alpha value is -2.64. The van der Waals surface area contributed by atoms with Crippen LogP contribution in [-0.2, 0) is 6.54 Å². The van der Waals surface area contributed by atoms with E-state index in [1.165, 1.54) is 16.8 Å². The van der Waals surface area contributed by atoms with E-state index in [0.29, 0.717) is 11.5 Å². The lowest BCUT2D eigenvalue weighted by Gasteiger charge is -1.99. The summed E-state index contributed by atoms with van der Waals surface area (Å²) in [6, 6.07) is 2.87. The Morgan fingerprint density at radius 1 is 1.50 bits per heavy atom. The summed E-state index contributed by atoms with van der Waals surface area (Å²) in [4.78, 5) is 21.6. The Morgan fingerprint density at radius 3 is 2.72 bits per heavy atom. The molecule has 18 heavy (non-hydrogen) atoms. The van der Waals surface area contributed by atoms with Crippen molar-refractivity contribution in [3.63, 3.8) is 0 Å². The van der Waals surface area contributed by atoms with Crippen LogP contribution in [0.25, 0.3) is 0 Å². The molecule has 0 atom stereocenters. The van der Waals surface area contributed by atoms with Gasteiger partial charge in [0.2, 0.25) is 5.76 Å². The van der Waals surface area contributed by atoms with E-state index in [1.807, 2.05) is 0 Å². The number of primary amides is 1. The van der Waals surface area contributed by atoms with Crippen molar-refractivity contribution < 1.29 is 19.1 Å². The van der Waals surface area contributed by atoms with Gasteiger partial charge in [-0.2, -0.15) is 0 Å². The number of amides is 1. The Labute approximate surface area is 101 Å². The van der Waals surface area contributed by atoms with Gasteiger partial charge >= 0.3 is 5.97 Å². The third-order valence-corrected chi connectivity index (χ3v) is 2.39. The molecule has 3 N–H and O–H groups in total. The second-order valence-electron chi connectivity index (χ2n) is 3.62. The van der Waals surface area contributed by atoms with Gasteiger partial charge in [0.15, 0.2) is 5.69 Å². The van der Waals surface area contributed by atoms with Gasteiger partial charge in [0.05, 0.1) is 5.69 Å². The van der Waals surface area contributed by atoms with Crippen LogP contribution in [0.1, 0.15) is 32.5 Å². The van der Waals surface area contributed by atoms with Crippen LogP contribution in [0.3, 0.4) is 0 Å². The minimum atomic E-state index is -1.14. The first-order chi connectivity index (χ1) is 8.49. The van der Waals surface area contributed by atoms with Gasteiger partial charge in [-0.25, -0.2) is 9.48 Å². The van der Waals surface area contributed by atoms with Crippen LogP contribution in [0.5, 0.6) is 0 Å². The number of hydrogen-bond acceptors (Lipinski definition) is 5. The molecule has 2 rings (SSSR count). The summed E-state index contributed by atoms with van der Waals surface area (Å²) in [5, 5.41) is 16.1. The maximum atomic E-state index is 11.0. The van der Waals surface area contributed by atoms with Crippen molar-refractivity contribution in [2.75, 3.05) is 0 Å². The summed E-state index contributed by atoms with van der Waals surface area (Å²) < 4.78 is 6.48. The number of carboxylic acid groups (broad SMARTS) is 1. The third-order valence-electron chi connectivity index (χ3n) is 2.39. The van der Waals surface area contributed by atoms with Gasteiger partial charge in [-0.1, -0.05) is 5.21 Å². The topological polar surface area (TPSA) is 124 Å². The SMILES string of the molecule is Cc1c(C(N)=O)nnn1Cc1ccc(C(=O)O)o1. The van der Waals surface area contributed by atoms with Crippen molar-refractivity contribution in [1.29, 1.82) is 0 Å². The fraction of sp³-hybridized carbons (Fsp3) is 0.200. The van der Waals surface area contributed by atoms with E-state index in [1.54, 1.807) is 6.92 Å². The maximum Gasteiger partial charge on any atom is 0.371 e. The number of carboxylic acids is 1. The van der Waals surface area contributed by atoms with Crippen molar-refractivity contribution in [2.45, 2.75) is 13.5 Å². The summed E-state index contributed by atoms with van der Waals surface area (Å²) in [7, 11) is 0. The Bertz CT molecular complexity index is 613. The summed E-state index contributed by atoms with van der Waals surface area (Å²) in [5.74, 6) is -1.56. The summed E-state index contributed by atoms with van der Waals surface area (Å²) in [6.07, 6.45) is 0. The van der Waals surface area contributed by atoms with E-state index in [4.69, 9.17) is 15.3 Å². The third kappa shape index (κ3) is 2.08. The Balaban J connectivity index is 2.23. The van der Waals surface area contributed by atoms with E-state index in [9.17, 15) is 9.59 Å². The lowest BCUT2D eigenvalue weighted by molar-refractivity contribution is 0.0660. The highest BCUT2D eigenvalue weighted by atomic mass is 16.4. The number of nitrogens with zero attached hydrogens (tertiary/aromatic N) is 3. The Kier molecular flexibility index (Phi) is 2.84. The summed E-state index contributed by atoms with van der Waals surface area (Å²) in [6.45, 7) is 1.82. The fourth-order valence-corrected chi connectivity index (χ4v) is 1.46. The minimum Gasteiger partial charge on any atom is -0.475 e. The lowest BCUT2D eigenvalue weighted by atomic mass is 10.3. The monoisotopic (exact) mass is 250 g/mol. The van der Waals surface area contributed by atoms with Crippen LogP contribution >= 0.6 is 0 Å². The number of carbonyl (C=O) groups is 2. The number of hydrogen-bond donors (Lipinski definition) is 2. The summed E-state index contributed by atoms with van der Waals surface area (Å²) in [5.41, 5.74) is 5.69. The maximum absolute atomic E-state index is 11.0. The van der Waals surface area contributed by atoms with Crippen LogP contribution in [0.15, 0.2) is 16.5 Å². The van der Waals surface area contributed by atoms with Gasteiger partial charge in [0.25, 0.3) is 5.91 Å². The van der Waals surface area contributed by atoms with Gasteiger partial charge in [0, 0.05) is 0 Å². The molecule has 0 saturated heterocycles. The molecule has 0 aliphatic heterocycles. The molecular formula is C10H10N4O4. The molecule has 0 unspecified atom stereocenters. The smallest absolute Gasteiger partial charge is 0.371 e. The van der Waals surface area contributed by atoms with Crippen LogP contribution in [0.2, 0.25) is 0 Å². The van der Waals surface area contributed by atoms with E-state index in [-0.39, 0.29) is 18.0 Å².